The number of hydrogen-bond donors (Lipinski definition) is 1. The van der Waals surface area contributed by atoms with Crippen molar-refractivity contribution >= 4 is 17.5 Å². The minimum absolute atomic E-state index is 0.111. The second-order valence-corrected chi connectivity index (χ2v) is 9.85. The van der Waals surface area contributed by atoms with E-state index < -0.39 is 17.0 Å². The molecule has 0 radical (unpaired) electrons. The van der Waals surface area contributed by atoms with E-state index in [0.717, 1.165) is 38.5 Å². The summed E-state index contributed by atoms with van der Waals surface area (Å²) in [7, 11) is 0. The maximum Gasteiger partial charge on any atom is 0.303 e. The second-order valence-electron chi connectivity index (χ2n) is 9.85. The predicted molar refractivity (Wildman–Crippen MR) is 108 cm³/mol. The van der Waals surface area contributed by atoms with E-state index in [2.05, 4.69) is 19.6 Å². The Morgan fingerprint density at radius 1 is 1.21 bits per heavy atom. The summed E-state index contributed by atoms with van der Waals surface area (Å²) in [6.07, 6.45) is 10.2. The molecule has 0 heterocycles. The molecule has 0 saturated heterocycles. The van der Waals surface area contributed by atoms with Crippen LogP contribution in [0.4, 0.5) is 0 Å². The topological polar surface area (TPSA) is 80.7 Å². The van der Waals surface area contributed by atoms with E-state index in [0.29, 0.717) is 24.7 Å². The van der Waals surface area contributed by atoms with Gasteiger partial charge >= 0.3 is 5.97 Å². The SMILES string of the molecule is C=C[C@]12CCC(=O)C=C1CC[C@@H]1[C@@H]2CC[C@@]2(C)[C@H]1CC[C@]2(O)C(=O)COC(C)=O. The molecule has 0 spiro atoms. The Kier molecular flexibility index (Phi) is 4.88. The van der Waals surface area contributed by atoms with Crippen LogP contribution in [0.2, 0.25) is 0 Å². The number of ketones is 2. The smallest absolute Gasteiger partial charge is 0.303 e. The van der Waals surface area contributed by atoms with Crippen LogP contribution in [0.1, 0.15) is 65.2 Å². The fourth-order valence-electron chi connectivity index (χ4n) is 7.42. The van der Waals surface area contributed by atoms with Gasteiger partial charge in [0.05, 0.1) is 0 Å². The molecule has 4 aliphatic rings. The van der Waals surface area contributed by atoms with Crippen molar-refractivity contribution in [3.8, 4) is 0 Å². The number of carbonyl (C=O) groups is 3. The lowest BCUT2D eigenvalue weighted by Gasteiger charge is -2.59. The zero-order chi connectivity index (χ0) is 21.0. The Labute approximate surface area is 172 Å². The highest BCUT2D eigenvalue weighted by atomic mass is 16.5. The lowest BCUT2D eigenvalue weighted by Crippen LogP contribution is -2.58. The fourth-order valence-corrected chi connectivity index (χ4v) is 7.42. The van der Waals surface area contributed by atoms with E-state index in [9.17, 15) is 19.5 Å². The minimum atomic E-state index is -1.43. The Hall–Kier alpha value is -1.75. The van der Waals surface area contributed by atoms with E-state index in [1.54, 1.807) is 0 Å². The molecule has 4 aliphatic carbocycles. The molecule has 5 heteroatoms. The van der Waals surface area contributed by atoms with E-state index in [4.69, 9.17) is 4.74 Å². The number of rotatable bonds is 4. The third-order valence-electron chi connectivity index (χ3n) is 8.95. The van der Waals surface area contributed by atoms with Gasteiger partial charge in [-0.3, -0.25) is 14.4 Å². The van der Waals surface area contributed by atoms with Gasteiger partial charge in [-0.15, -0.1) is 6.58 Å². The summed E-state index contributed by atoms with van der Waals surface area (Å²) in [5, 5.41) is 11.5. The van der Waals surface area contributed by atoms with Crippen molar-refractivity contribution in [2.24, 2.45) is 28.6 Å². The summed E-state index contributed by atoms with van der Waals surface area (Å²) in [6.45, 7) is 7.15. The molecule has 0 bridgehead atoms. The first kappa shape index (κ1) is 20.5. The first-order chi connectivity index (χ1) is 13.7. The number of esters is 1. The van der Waals surface area contributed by atoms with E-state index in [1.807, 2.05) is 6.08 Å². The van der Waals surface area contributed by atoms with Crippen molar-refractivity contribution in [2.45, 2.75) is 70.8 Å². The lowest BCUT2D eigenvalue weighted by molar-refractivity contribution is -0.168. The first-order valence-electron chi connectivity index (χ1n) is 10.9. The van der Waals surface area contributed by atoms with Crippen molar-refractivity contribution in [1.29, 1.82) is 0 Å². The normalized spacial score (nSPS) is 43.5. The van der Waals surface area contributed by atoms with Gasteiger partial charge in [0.25, 0.3) is 0 Å². The zero-order valence-corrected chi connectivity index (χ0v) is 17.5. The highest BCUT2D eigenvalue weighted by Gasteiger charge is 2.66. The molecule has 29 heavy (non-hydrogen) atoms. The molecule has 158 valence electrons. The number of ether oxygens (including phenoxy) is 1. The van der Waals surface area contributed by atoms with Gasteiger partial charge in [-0.2, -0.15) is 0 Å². The number of aliphatic hydroxyl groups is 1. The molecular formula is C24H32O5. The van der Waals surface area contributed by atoms with Gasteiger partial charge in [-0.25, -0.2) is 0 Å². The van der Waals surface area contributed by atoms with Gasteiger partial charge in [0.1, 0.15) is 5.60 Å². The third-order valence-corrected chi connectivity index (χ3v) is 8.95. The quantitative estimate of drug-likeness (QED) is 0.577. The van der Waals surface area contributed by atoms with Gasteiger partial charge < -0.3 is 9.84 Å². The zero-order valence-electron chi connectivity index (χ0n) is 17.5. The van der Waals surface area contributed by atoms with Crippen LogP contribution in [0, 0.1) is 28.6 Å². The molecule has 6 atom stereocenters. The van der Waals surface area contributed by atoms with Crippen molar-refractivity contribution < 1.29 is 24.2 Å². The molecular weight excluding hydrogens is 368 g/mol. The van der Waals surface area contributed by atoms with Crippen LogP contribution in [-0.2, 0) is 19.1 Å². The van der Waals surface area contributed by atoms with Gasteiger partial charge in [0.2, 0.25) is 5.78 Å². The maximum absolute atomic E-state index is 12.9. The molecule has 0 aromatic heterocycles. The number of fused-ring (bicyclic) bond motifs is 5. The highest BCUT2D eigenvalue weighted by Crippen LogP contribution is 2.67. The minimum Gasteiger partial charge on any atom is -0.458 e. The van der Waals surface area contributed by atoms with E-state index in [1.165, 1.54) is 12.5 Å². The maximum atomic E-state index is 12.9. The molecule has 0 unspecified atom stereocenters. The molecule has 0 aromatic carbocycles. The molecule has 5 nitrogen and oxygen atoms in total. The number of Topliss-reactive ketones (excluding diaryl/α,β-unsaturated/α-hetero) is 1. The molecule has 0 amide bonds. The summed E-state index contributed by atoms with van der Waals surface area (Å²) in [5.41, 5.74) is -0.800. The van der Waals surface area contributed by atoms with Gasteiger partial charge in [-0.1, -0.05) is 18.6 Å². The van der Waals surface area contributed by atoms with Crippen molar-refractivity contribution in [3.63, 3.8) is 0 Å². The highest BCUT2D eigenvalue weighted by molar-refractivity contribution is 5.92. The lowest BCUT2D eigenvalue weighted by atomic mass is 9.46. The summed E-state index contributed by atoms with van der Waals surface area (Å²) in [5.74, 6) is 0.433. The molecule has 0 aliphatic heterocycles. The monoisotopic (exact) mass is 400 g/mol. The summed E-state index contributed by atoms with van der Waals surface area (Å²) in [4.78, 5) is 36.1. The standard InChI is InChI=1S/C24H32O5/c1-4-23-11-7-17(26)13-16(23)5-6-18-19-9-12-24(28,21(27)14-29-15(2)25)22(19,3)10-8-20(18)23/h4,13,18-20,28H,1,5-12,14H2,2-3H3/t18-,19-,20-,22-,23-,24-/m0/s1. The van der Waals surface area contributed by atoms with Crippen molar-refractivity contribution in [3.05, 3.63) is 24.3 Å². The molecule has 3 saturated carbocycles. The average Bonchev–Trinajstić information content (AvgIpc) is 2.98. The third kappa shape index (κ3) is 2.80. The van der Waals surface area contributed by atoms with Crippen LogP contribution in [-0.4, -0.2) is 34.9 Å². The van der Waals surface area contributed by atoms with Gasteiger partial charge in [0.15, 0.2) is 12.4 Å². The van der Waals surface area contributed by atoms with Crippen molar-refractivity contribution in [1.82, 2.24) is 0 Å². The average molecular weight is 401 g/mol. The fraction of sp³-hybridized carbons (Fsp3) is 0.708. The molecule has 1 N–H and O–H groups in total. The van der Waals surface area contributed by atoms with Crippen molar-refractivity contribution in [2.75, 3.05) is 6.61 Å². The number of hydrogen-bond acceptors (Lipinski definition) is 5. The van der Waals surface area contributed by atoms with Crippen LogP contribution in [0.25, 0.3) is 0 Å². The Morgan fingerprint density at radius 2 is 1.93 bits per heavy atom. The molecule has 3 fully saturated rings. The summed E-state index contributed by atoms with van der Waals surface area (Å²) >= 11 is 0. The van der Waals surface area contributed by atoms with Crippen LogP contribution < -0.4 is 0 Å². The van der Waals surface area contributed by atoms with Gasteiger partial charge in [0, 0.05) is 24.2 Å². The van der Waals surface area contributed by atoms with Crippen LogP contribution in [0.15, 0.2) is 24.3 Å². The first-order valence-corrected chi connectivity index (χ1v) is 10.9. The van der Waals surface area contributed by atoms with Crippen LogP contribution >= 0.6 is 0 Å². The van der Waals surface area contributed by atoms with E-state index in [-0.39, 0.29) is 29.5 Å². The van der Waals surface area contributed by atoms with Gasteiger partial charge in [-0.05, 0) is 68.8 Å². The number of allylic oxidation sites excluding steroid dienone is 2. The number of carbonyl (C=O) groups excluding carboxylic acids is 3. The largest absolute Gasteiger partial charge is 0.458 e. The Morgan fingerprint density at radius 3 is 2.62 bits per heavy atom. The summed E-state index contributed by atoms with van der Waals surface area (Å²) in [6, 6.07) is 0. The molecule has 4 rings (SSSR count). The second kappa shape index (κ2) is 6.90. The molecule has 0 aromatic rings. The summed E-state index contributed by atoms with van der Waals surface area (Å²) < 4.78 is 4.93. The van der Waals surface area contributed by atoms with E-state index >= 15 is 0 Å². The predicted octanol–water partition coefficient (Wildman–Crippen LogP) is 3.55. The Balaban J connectivity index is 1.63. The van der Waals surface area contributed by atoms with Crippen LogP contribution in [0.3, 0.4) is 0 Å². The van der Waals surface area contributed by atoms with Crippen LogP contribution in [0.5, 0.6) is 0 Å². The Bertz CT molecular complexity index is 797.